The lowest BCUT2D eigenvalue weighted by atomic mass is 9.98. The highest BCUT2D eigenvalue weighted by Crippen LogP contribution is 2.31. The Morgan fingerprint density at radius 1 is 1.37 bits per heavy atom. The summed E-state index contributed by atoms with van der Waals surface area (Å²) in [6.45, 7) is 1.49. The van der Waals surface area contributed by atoms with Gasteiger partial charge in [-0.2, -0.15) is 0 Å². The third-order valence-corrected chi connectivity index (χ3v) is 5.79. The van der Waals surface area contributed by atoms with Crippen LogP contribution in [0.3, 0.4) is 0 Å². The van der Waals surface area contributed by atoms with Gasteiger partial charge in [-0.15, -0.1) is 0 Å². The molecule has 0 bridgehead atoms. The van der Waals surface area contributed by atoms with E-state index < -0.39 is 38.3 Å². The number of fused-ring (bicyclic) bond motifs is 1. The van der Waals surface area contributed by atoms with E-state index in [0.29, 0.717) is 5.65 Å². The second-order valence-electron chi connectivity index (χ2n) is 5.89. The van der Waals surface area contributed by atoms with Crippen LogP contribution in [0.4, 0.5) is 8.78 Å². The number of primary sulfonamides is 1. The summed E-state index contributed by atoms with van der Waals surface area (Å²) in [6.07, 6.45) is 2.58. The molecule has 0 spiro atoms. The van der Waals surface area contributed by atoms with E-state index in [1.807, 2.05) is 0 Å². The van der Waals surface area contributed by atoms with E-state index in [4.69, 9.17) is 16.7 Å². The summed E-state index contributed by atoms with van der Waals surface area (Å²) in [7, 11) is -4.15. The summed E-state index contributed by atoms with van der Waals surface area (Å²) in [5.41, 5.74) is -0.953. The normalized spacial score (nSPS) is 13.1. The minimum Gasteiger partial charge on any atom is -0.345 e. The predicted octanol–water partition coefficient (Wildman–Crippen LogP) is 3.47. The molecule has 0 radical (unpaired) electrons. The Kier molecular flexibility index (Phi) is 5.02. The number of pyridine rings is 1. The van der Waals surface area contributed by atoms with Gasteiger partial charge in [-0.25, -0.2) is 27.3 Å². The quantitative estimate of drug-likeness (QED) is 0.624. The minimum atomic E-state index is -4.15. The maximum Gasteiger partial charge on any atom is 0.216 e. The second-order valence-corrected chi connectivity index (χ2v) is 8.08. The number of nitrogens with one attached hydrogen (secondary N) is 1. The first-order valence-corrected chi connectivity index (χ1v) is 9.80. The Hall–Kier alpha value is -2.36. The van der Waals surface area contributed by atoms with Crippen molar-refractivity contribution in [2.24, 2.45) is 5.14 Å². The summed E-state index contributed by atoms with van der Waals surface area (Å²) in [4.78, 5) is 19.6. The number of nitrogens with two attached hydrogens (primary N) is 1. The molecule has 1 unspecified atom stereocenters. The zero-order valence-electron chi connectivity index (χ0n) is 14.0. The summed E-state index contributed by atoms with van der Waals surface area (Å²) in [6, 6.07) is 3.26. The Bertz CT molecular complexity index is 1160. The van der Waals surface area contributed by atoms with Gasteiger partial charge in [0.05, 0.1) is 10.6 Å². The highest BCUT2D eigenvalue weighted by Gasteiger charge is 2.30. The van der Waals surface area contributed by atoms with Crippen molar-refractivity contribution >= 4 is 38.4 Å². The van der Waals surface area contributed by atoms with Gasteiger partial charge in [0.2, 0.25) is 15.8 Å². The second kappa shape index (κ2) is 6.99. The fourth-order valence-corrected chi connectivity index (χ4v) is 4.11. The molecule has 3 aromatic rings. The third kappa shape index (κ3) is 3.45. The number of nitrogens with zero attached hydrogens (tertiary/aromatic N) is 1. The van der Waals surface area contributed by atoms with E-state index >= 15 is 0 Å². The lowest BCUT2D eigenvalue weighted by Crippen LogP contribution is -2.23. The highest BCUT2D eigenvalue weighted by atomic mass is 35.5. The van der Waals surface area contributed by atoms with Crippen LogP contribution in [0.25, 0.3) is 11.0 Å². The molecule has 10 heteroatoms. The minimum absolute atomic E-state index is 0.0401. The Labute approximate surface area is 158 Å². The van der Waals surface area contributed by atoms with Crippen molar-refractivity contribution in [2.45, 2.75) is 18.6 Å². The SMILES string of the molecule is CCC(c1ccc(F)c(C(=O)c2c[nH]c3ncc(Cl)cc23)c1F)S(N)(=O)=O. The largest absolute Gasteiger partial charge is 0.345 e. The topological polar surface area (TPSA) is 106 Å². The molecule has 0 saturated carbocycles. The van der Waals surface area contributed by atoms with Gasteiger partial charge < -0.3 is 4.98 Å². The molecule has 2 heterocycles. The number of benzene rings is 1. The number of ketones is 1. The first-order chi connectivity index (χ1) is 12.6. The molecule has 3 rings (SSSR count). The van der Waals surface area contributed by atoms with Crippen molar-refractivity contribution < 1.29 is 22.0 Å². The van der Waals surface area contributed by atoms with Crippen molar-refractivity contribution in [3.8, 4) is 0 Å². The molecule has 1 atom stereocenters. The van der Waals surface area contributed by atoms with Crippen molar-refractivity contribution in [3.63, 3.8) is 0 Å². The van der Waals surface area contributed by atoms with E-state index in [1.54, 1.807) is 0 Å². The molecule has 0 saturated heterocycles. The average molecular weight is 414 g/mol. The first-order valence-electron chi connectivity index (χ1n) is 7.82. The van der Waals surface area contributed by atoms with Crippen molar-refractivity contribution in [1.82, 2.24) is 9.97 Å². The lowest BCUT2D eigenvalue weighted by Gasteiger charge is -2.16. The number of H-pyrrole nitrogens is 1. The fourth-order valence-electron chi connectivity index (χ4n) is 2.96. The molecule has 0 fully saturated rings. The number of rotatable bonds is 5. The maximum absolute atomic E-state index is 15.0. The monoisotopic (exact) mass is 413 g/mol. The maximum atomic E-state index is 15.0. The third-order valence-electron chi connectivity index (χ3n) is 4.20. The lowest BCUT2D eigenvalue weighted by molar-refractivity contribution is 0.103. The number of sulfonamides is 1. The number of hydrogen-bond acceptors (Lipinski definition) is 4. The van der Waals surface area contributed by atoms with Crippen LogP contribution < -0.4 is 5.14 Å². The molecule has 0 amide bonds. The van der Waals surface area contributed by atoms with Crippen molar-refractivity contribution in [1.29, 1.82) is 0 Å². The number of carbonyl (C=O) groups is 1. The number of aromatic amines is 1. The van der Waals surface area contributed by atoms with Crippen LogP contribution in [0, 0.1) is 11.6 Å². The van der Waals surface area contributed by atoms with Crippen LogP contribution in [0.5, 0.6) is 0 Å². The van der Waals surface area contributed by atoms with E-state index in [1.165, 1.54) is 25.4 Å². The molecule has 0 aliphatic carbocycles. The van der Waals surface area contributed by atoms with E-state index in [0.717, 1.165) is 12.1 Å². The molecule has 2 aromatic heterocycles. The van der Waals surface area contributed by atoms with Gasteiger partial charge in [0.1, 0.15) is 22.5 Å². The predicted molar refractivity (Wildman–Crippen MR) is 97.0 cm³/mol. The summed E-state index contributed by atoms with van der Waals surface area (Å²) in [5, 5.41) is 4.27. The van der Waals surface area contributed by atoms with Gasteiger partial charge in [0.15, 0.2) is 0 Å². The molecule has 142 valence electrons. The molecular weight excluding hydrogens is 400 g/mol. The molecule has 27 heavy (non-hydrogen) atoms. The van der Waals surface area contributed by atoms with Crippen LogP contribution in [0.2, 0.25) is 5.02 Å². The van der Waals surface area contributed by atoms with Gasteiger partial charge in [0.25, 0.3) is 0 Å². The Morgan fingerprint density at radius 2 is 2.07 bits per heavy atom. The average Bonchev–Trinajstić information content (AvgIpc) is 2.99. The summed E-state index contributed by atoms with van der Waals surface area (Å²) in [5.74, 6) is -3.34. The standard InChI is InChI=1S/C17H14ClF2N3O3S/c1-2-13(27(21,25)26)9-3-4-12(19)14(15(9)20)16(24)11-7-23-17-10(11)5-8(18)6-22-17/h3-7,13H,2H2,1H3,(H,22,23)(H2,21,25,26). The van der Waals surface area contributed by atoms with Gasteiger partial charge >= 0.3 is 0 Å². The molecule has 1 aromatic carbocycles. The van der Waals surface area contributed by atoms with Crippen molar-refractivity contribution in [2.75, 3.05) is 0 Å². The van der Waals surface area contributed by atoms with Crippen LogP contribution >= 0.6 is 11.6 Å². The van der Waals surface area contributed by atoms with Gasteiger partial charge in [-0.3, -0.25) is 4.79 Å². The zero-order chi connectivity index (χ0) is 19.9. The zero-order valence-corrected chi connectivity index (χ0v) is 15.5. The van der Waals surface area contributed by atoms with Gasteiger partial charge in [0, 0.05) is 28.9 Å². The Balaban J connectivity index is 2.20. The van der Waals surface area contributed by atoms with Crippen LogP contribution in [0.1, 0.15) is 40.1 Å². The van der Waals surface area contributed by atoms with Gasteiger partial charge in [-0.1, -0.05) is 24.6 Å². The number of carbonyl (C=O) groups excluding carboxylic acids is 1. The van der Waals surface area contributed by atoms with Crippen LogP contribution in [-0.2, 0) is 10.0 Å². The molecular formula is C17H14ClF2N3O3S. The van der Waals surface area contributed by atoms with E-state index in [-0.39, 0.29) is 28.0 Å². The highest BCUT2D eigenvalue weighted by molar-refractivity contribution is 7.89. The fraction of sp³-hybridized carbons (Fsp3) is 0.176. The molecule has 0 aliphatic rings. The first kappa shape index (κ1) is 19.4. The van der Waals surface area contributed by atoms with Crippen molar-refractivity contribution in [3.05, 3.63) is 63.9 Å². The molecule has 6 nitrogen and oxygen atoms in total. The van der Waals surface area contributed by atoms with Crippen LogP contribution in [0.15, 0.2) is 30.6 Å². The van der Waals surface area contributed by atoms with E-state index in [2.05, 4.69) is 9.97 Å². The van der Waals surface area contributed by atoms with E-state index in [9.17, 15) is 22.0 Å². The smallest absolute Gasteiger partial charge is 0.216 e. The summed E-state index contributed by atoms with van der Waals surface area (Å²) < 4.78 is 52.8. The number of hydrogen-bond donors (Lipinski definition) is 2. The molecule has 0 aliphatic heterocycles. The molecule has 3 N–H and O–H groups in total. The van der Waals surface area contributed by atoms with Crippen LogP contribution in [-0.4, -0.2) is 24.2 Å². The number of halogens is 3. The Morgan fingerprint density at radius 3 is 2.70 bits per heavy atom. The number of aromatic nitrogens is 2. The summed E-state index contributed by atoms with van der Waals surface area (Å²) >= 11 is 5.88. The van der Waals surface area contributed by atoms with Gasteiger partial charge in [-0.05, 0) is 18.6 Å².